The van der Waals surface area contributed by atoms with Crippen LogP contribution in [0.3, 0.4) is 0 Å². The van der Waals surface area contributed by atoms with Gasteiger partial charge in [-0.05, 0) is 34.1 Å². The number of hydrogen-bond acceptors (Lipinski definition) is 6. The van der Waals surface area contributed by atoms with Crippen molar-refractivity contribution < 1.29 is 4.39 Å². The minimum Gasteiger partial charge on any atom is -0.339 e. The molecule has 1 aromatic carbocycles. The fourth-order valence-corrected chi connectivity index (χ4v) is 1.64. The number of hydrogen-bond donors (Lipinski definition) is 3. The monoisotopic (exact) mass is 322 g/mol. The molecule has 1 aromatic heterocycles. The average molecular weight is 323 g/mol. The number of rotatable bonds is 3. The lowest BCUT2D eigenvalue weighted by molar-refractivity contribution is 0.624. The fraction of sp³-hybridized carbons (Fsp3) is 0. The van der Waals surface area contributed by atoms with Gasteiger partial charge in [0.25, 0.3) is 0 Å². The van der Waals surface area contributed by atoms with Gasteiger partial charge in [-0.2, -0.15) is 10.2 Å². The van der Waals surface area contributed by atoms with Crippen LogP contribution >= 0.6 is 15.9 Å². The molecule has 0 aliphatic heterocycles. The van der Waals surface area contributed by atoms with Gasteiger partial charge in [-0.3, -0.25) is 5.43 Å². The quantitative estimate of drug-likeness (QED) is 0.592. The fourth-order valence-electron chi connectivity index (χ4n) is 1.35. The number of nitrogens with one attached hydrogen (secondary N) is 2. The third-order valence-corrected chi connectivity index (χ3v) is 2.80. The summed E-state index contributed by atoms with van der Waals surface area (Å²) < 4.78 is 13.8. The van der Waals surface area contributed by atoms with Crippen LogP contribution in [0.2, 0.25) is 0 Å². The van der Waals surface area contributed by atoms with Crippen LogP contribution in [0.5, 0.6) is 0 Å². The number of halogens is 2. The number of benzene rings is 1. The maximum atomic E-state index is 13.2. The number of nitrogens with two attached hydrogens (primary N) is 1. The predicted molar refractivity (Wildman–Crippen MR) is 71.9 cm³/mol. The molecule has 2 aromatic rings. The van der Waals surface area contributed by atoms with E-state index >= 15 is 0 Å². The third-order valence-electron chi connectivity index (χ3n) is 2.22. The van der Waals surface area contributed by atoms with Crippen molar-refractivity contribution >= 4 is 33.4 Å². The lowest BCUT2D eigenvalue weighted by atomic mass is 10.2. The van der Waals surface area contributed by atoms with Gasteiger partial charge in [-0.1, -0.05) is 0 Å². The number of nitrogen functional groups attached to an aromatic ring is 1. The molecule has 19 heavy (non-hydrogen) atoms. The summed E-state index contributed by atoms with van der Waals surface area (Å²) in [5.74, 6) is 5.32. The molecule has 0 bridgehead atoms. The summed E-state index contributed by atoms with van der Waals surface area (Å²) in [5, 5.41) is 11.7. The second-order valence-corrected chi connectivity index (χ2v) is 4.32. The first kappa shape index (κ1) is 13.2. The predicted octanol–water partition coefficient (Wildman–Crippen LogP) is 2.28. The maximum Gasteiger partial charge on any atom is 0.239 e. The molecule has 0 unspecified atom stereocenters. The van der Waals surface area contributed by atoms with Crippen molar-refractivity contribution in [3.63, 3.8) is 0 Å². The molecule has 0 spiro atoms. The molecule has 0 aliphatic rings. The molecule has 0 saturated heterocycles. The van der Waals surface area contributed by atoms with E-state index in [-0.39, 0.29) is 11.5 Å². The SMILES string of the molecule is N#Cc1cc(Nc2nc(NN)ncc2Br)ccc1F. The van der Waals surface area contributed by atoms with E-state index in [9.17, 15) is 4.39 Å². The van der Waals surface area contributed by atoms with Gasteiger partial charge in [0.1, 0.15) is 17.7 Å². The minimum absolute atomic E-state index is 0.0487. The van der Waals surface area contributed by atoms with Gasteiger partial charge in [0.05, 0.1) is 10.0 Å². The van der Waals surface area contributed by atoms with Crippen molar-refractivity contribution in [1.82, 2.24) is 9.97 Å². The zero-order valence-corrected chi connectivity index (χ0v) is 11.1. The van der Waals surface area contributed by atoms with Gasteiger partial charge in [0.15, 0.2) is 0 Å². The molecule has 0 fully saturated rings. The Bertz CT molecular complexity index is 654. The van der Waals surface area contributed by atoms with Crippen molar-refractivity contribution in [3.8, 4) is 6.07 Å². The minimum atomic E-state index is -0.570. The normalized spacial score (nSPS) is 9.79. The molecule has 8 heteroatoms. The summed E-state index contributed by atoms with van der Waals surface area (Å²) in [6.45, 7) is 0. The summed E-state index contributed by atoms with van der Waals surface area (Å²) in [6, 6.07) is 5.86. The summed E-state index contributed by atoms with van der Waals surface area (Å²) in [5.41, 5.74) is 2.80. The molecule has 4 N–H and O–H groups in total. The summed E-state index contributed by atoms with van der Waals surface area (Å²) in [4.78, 5) is 7.98. The van der Waals surface area contributed by atoms with Crippen molar-refractivity contribution in [2.24, 2.45) is 5.84 Å². The Morgan fingerprint density at radius 1 is 1.42 bits per heavy atom. The van der Waals surface area contributed by atoms with Crippen LogP contribution in [0, 0.1) is 17.1 Å². The Labute approximate surface area is 116 Å². The van der Waals surface area contributed by atoms with Gasteiger partial charge in [0.2, 0.25) is 5.95 Å². The van der Waals surface area contributed by atoms with E-state index in [0.717, 1.165) is 0 Å². The average Bonchev–Trinajstić information content (AvgIpc) is 2.43. The first-order valence-corrected chi connectivity index (χ1v) is 5.89. The highest BCUT2D eigenvalue weighted by Crippen LogP contribution is 2.24. The highest BCUT2D eigenvalue weighted by atomic mass is 79.9. The first-order chi connectivity index (χ1) is 9.13. The summed E-state index contributed by atoms with van der Waals surface area (Å²) in [7, 11) is 0. The van der Waals surface area contributed by atoms with E-state index in [1.807, 2.05) is 0 Å². The Morgan fingerprint density at radius 2 is 2.21 bits per heavy atom. The van der Waals surface area contributed by atoms with Gasteiger partial charge >= 0.3 is 0 Å². The van der Waals surface area contributed by atoms with E-state index in [2.05, 4.69) is 36.6 Å². The van der Waals surface area contributed by atoms with E-state index in [0.29, 0.717) is 16.0 Å². The molecule has 0 saturated carbocycles. The van der Waals surface area contributed by atoms with Gasteiger partial charge in [-0.25, -0.2) is 15.2 Å². The van der Waals surface area contributed by atoms with Crippen LogP contribution in [-0.2, 0) is 0 Å². The van der Waals surface area contributed by atoms with Crippen molar-refractivity contribution in [1.29, 1.82) is 5.26 Å². The molecule has 6 nitrogen and oxygen atoms in total. The summed E-state index contributed by atoms with van der Waals surface area (Å²) >= 11 is 3.27. The van der Waals surface area contributed by atoms with E-state index < -0.39 is 5.82 Å². The lowest BCUT2D eigenvalue weighted by Crippen LogP contribution is -2.11. The second-order valence-electron chi connectivity index (χ2n) is 3.47. The third kappa shape index (κ3) is 2.96. The smallest absolute Gasteiger partial charge is 0.239 e. The van der Waals surface area contributed by atoms with E-state index in [1.54, 1.807) is 6.07 Å². The number of aromatic nitrogens is 2. The van der Waals surface area contributed by atoms with Gasteiger partial charge < -0.3 is 5.32 Å². The van der Waals surface area contributed by atoms with Crippen LogP contribution in [0.1, 0.15) is 5.56 Å². The Balaban J connectivity index is 2.33. The molecule has 0 atom stereocenters. The molecular formula is C11H8BrFN6. The van der Waals surface area contributed by atoms with Crippen LogP contribution in [0.4, 0.5) is 21.8 Å². The molecule has 0 radical (unpaired) electrons. The van der Waals surface area contributed by atoms with Crippen molar-refractivity contribution in [2.45, 2.75) is 0 Å². The van der Waals surface area contributed by atoms with Crippen LogP contribution in [-0.4, -0.2) is 9.97 Å². The number of hydrazine groups is 1. The van der Waals surface area contributed by atoms with Crippen molar-refractivity contribution in [3.05, 3.63) is 40.2 Å². The van der Waals surface area contributed by atoms with Crippen molar-refractivity contribution in [2.75, 3.05) is 10.7 Å². The highest BCUT2D eigenvalue weighted by Gasteiger charge is 2.07. The first-order valence-electron chi connectivity index (χ1n) is 5.10. The van der Waals surface area contributed by atoms with Crippen LogP contribution < -0.4 is 16.6 Å². The number of nitrogens with zero attached hydrogens (tertiary/aromatic N) is 3. The lowest BCUT2D eigenvalue weighted by Gasteiger charge is -2.09. The molecular weight excluding hydrogens is 315 g/mol. The molecule has 0 amide bonds. The summed E-state index contributed by atoms with van der Waals surface area (Å²) in [6.07, 6.45) is 1.51. The van der Waals surface area contributed by atoms with Gasteiger partial charge in [-0.15, -0.1) is 0 Å². The molecule has 1 heterocycles. The van der Waals surface area contributed by atoms with Crippen LogP contribution in [0.25, 0.3) is 0 Å². The largest absolute Gasteiger partial charge is 0.339 e. The maximum absolute atomic E-state index is 13.2. The Hall–Kier alpha value is -2.24. The second kappa shape index (κ2) is 5.60. The number of anilines is 3. The molecule has 2 rings (SSSR count). The zero-order chi connectivity index (χ0) is 13.8. The number of nitriles is 1. The Kier molecular flexibility index (Phi) is 3.89. The molecule has 96 valence electrons. The highest BCUT2D eigenvalue weighted by molar-refractivity contribution is 9.10. The zero-order valence-electron chi connectivity index (χ0n) is 9.48. The van der Waals surface area contributed by atoms with E-state index in [1.165, 1.54) is 24.4 Å². The topological polar surface area (TPSA) is 99.7 Å². The molecule has 0 aliphatic carbocycles. The van der Waals surface area contributed by atoms with E-state index in [4.69, 9.17) is 11.1 Å². The van der Waals surface area contributed by atoms with Crippen LogP contribution in [0.15, 0.2) is 28.9 Å². The standard InChI is InChI=1S/C11H8BrFN6/c12-8-5-16-11(19-15)18-10(8)17-7-1-2-9(13)6(3-7)4-14/h1-3,5H,15H2,(H2,16,17,18,19). The van der Waals surface area contributed by atoms with Gasteiger partial charge in [0, 0.05) is 11.9 Å². The Morgan fingerprint density at radius 3 is 2.89 bits per heavy atom.